The summed E-state index contributed by atoms with van der Waals surface area (Å²) in [6.07, 6.45) is 9.71. The van der Waals surface area contributed by atoms with Crippen LogP contribution in [0.5, 0.6) is 0 Å². The number of thioether (sulfide) groups is 1. The van der Waals surface area contributed by atoms with Gasteiger partial charge in [0.25, 0.3) is 0 Å². The van der Waals surface area contributed by atoms with Crippen molar-refractivity contribution in [3.8, 4) is 0 Å². The molecule has 0 aliphatic heterocycles. The lowest BCUT2D eigenvalue weighted by atomic mass is 9.88. The van der Waals surface area contributed by atoms with Gasteiger partial charge in [0, 0.05) is 11.9 Å². The van der Waals surface area contributed by atoms with E-state index in [1.165, 1.54) is 25.7 Å². The minimum atomic E-state index is 0.473. The van der Waals surface area contributed by atoms with Crippen LogP contribution in [0.25, 0.3) is 5.52 Å². The Morgan fingerprint density at radius 3 is 3.15 bits per heavy atom. The maximum Gasteiger partial charge on any atom is 0.172 e. The highest BCUT2D eigenvalue weighted by Crippen LogP contribution is 2.26. The quantitative estimate of drug-likeness (QED) is 0.614. The van der Waals surface area contributed by atoms with E-state index >= 15 is 0 Å². The second-order valence-electron chi connectivity index (χ2n) is 5.56. The monoisotopic (exact) mass is 290 g/mol. The van der Waals surface area contributed by atoms with Gasteiger partial charge in [-0.25, -0.2) is 4.98 Å². The summed E-state index contributed by atoms with van der Waals surface area (Å²) < 4.78 is 8.18. The van der Waals surface area contributed by atoms with E-state index < -0.39 is 0 Å². The van der Waals surface area contributed by atoms with Gasteiger partial charge in [-0.2, -0.15) is 0 Å². The van der Waals surface area contributed by atoms with E-state index in [-0.39, 0.29) is 0 Å². The van der Waals surface area contributed by atoms with Crippen molar-refractivity contribution in [1.29, 1.82) is 0 Å². The van der Waals surface area contributed by atoms with Gasteiger partial charge < -0.3 is 4.74 Å². The first-order valence-corrected chi connectivity index (χ1v) is 8.49. The van der Waals surface area contributed by atoms with E-state index in [0.29, 0.717) is 6.10 Å². The molecule has 0 bridgehead atoms. The lowest BCUT2D eigenvalue weighted by molar-refractivity contribution is 0.00345. The van der Waals surface area contributed by atoms with E-state index in [1.807, 2.05) is 18.3 Å². The van der Waals surface area contributed by atoms with Gasteiger partial charge in [0.1, 0.15) is 0 Å². The standard InChI is InChI=1S/C16H22N2OS/c1-13-6-2-3-8-15(13)19-10-11-20-16-17-12-14-7-4-5-9-18(14)16/h4-5,7,9,12-13,15H,2-3,6,8,10-11H2,1H3/t13-,15+/m1/s1. The second kappa shape index (κ2) is 6.64. The summed E-state index contributed by atoms with van der Waals surface area (Å²) in [6, 6.07) is 6.16. The van der Waals surface area contributed by atoms with Crippen LogP contribution in [0.4, 0.5) is 0 Å². The molecule has 0 saturated heterocycles. The zero-order chi connectivity index (χ0) is 13.8. The highest BCUT2D eigenvalue weighted by Gasteiger charge is 2.21. The van der Waals surface area contributed by atoms with Crippen LogP contribution in [0.2, 0.25) is 0 Å². The molecule has 20 heavy (non-hydrogen) atoms. The molecule has 3 nitrogen and oxygen atoms in total. The molecular formula is C16H22N2OS. The molecule has 2 aromatic heterocycles. The molecule has 3 rings (SSSR count). The van der Waals surface area contributed by atoms with Crippen molar-refractivity contribution >= 4 is 17.3 Å². The third-order valence-electron chi connectivity index (χ3n) is 4.08. The van der Waals surface area contributed by atoms with Gasteiger partial charge in [-0.05, 0) is 30.9 Å². The van der Waals surface area contributed by atoms with Crippen LogP contribution in [0.15, 0.2) is 35.7 Å². The molecule has 1 fully saturated rings. The molecule has 1 aliphatic rings. The summed E-state index contributed by atoms with van der Waals surface area (Å²) in [6.45, 7) is 3.14. The Kier molecular flexibility index (Phi) is 4.63. The number of fused-ring (bicyclic) bond motifs is 1. The van der Waals surface area contributed by atoms with E-state index in [4.69, 9.17) is 4.74 Å². The topological polar surface area (TPSA) is 26.5 Å². The number of hydrogen-bond donors (Lipinski definition) is 0. The summed E-state index contributed by atoms with van der Waals surface area (Å²) in [5.74, 6) is 1.69. The van der Waals surface area contributed by atoms with E-state index in [9.17, 15) is 0 Å². The smallest absolute Gasteiger partial charge is 0.172 e. The third-order valence-corrected chi connectivity index (χ3v) is 5.02. The Balaban J connectivity index is 1.48. The first-order valence-electron chi connectivity index (χ1n) is 7.51. The van der Waals surface area contributed by atoms with E-state index in [0.717, 1.165) is 29.0 Å². The predicted octanol–water partition coefficient (Wildman–Crippen LogP) is 4.02. The average molecular weight is 290 g/mol. The molecular weight excluding hydrogens is 268 g/mol. The zero-order valence-corrected chi connectivity index (χ0v) is 12.8. The fourth-order valence-corrected chi connectivity index (χ4v) is 3.68. The molecule has 0 unspecified atom stereocenters. The van der Waals surface area contributed by atoms with Crippen molar-refractivity contribution in [2.75, 3.05) is 12.4 Å². The zero-order valence-electron chi connectivity index (χ0n) is 12.0. The van der Waals surface area contributed by atoms with Crippen molar-refractivity contribution in [3.05, 3.63) is 30.6 Å². The molecule has 0 spiro atoms. The lowest BCUT2D eigenvalue weighted by Crippen LogP contribution is -2.26. The normalized spacial score (nSPS) is 23.2. The van der Waals surface area contributed by atoms with Crippen LogP contribution in [0.1, 0.15) is 32.6 Å². The summed E-state index contributed by atoms with van der Waals surface area (Å²) >= 11 is 1.77. The Morgan fingerprint density at radius 1 is 1.35 bits per heavy atom. The van der Waals surface area contributed by atoms with Gasteiger partial charge in [0.05, 0.1) is 24.4 Å². The van der Waals surface area contributed by atoms with Crippen LogP contribution in [-0.2, 0) is 4.74 Å². The van der Waals surface area contributed by atoms with Crippen molar-refractivity contribution in [2.24, 2.45) is 5.92 Å². The molecule has 0 N–H and O–H groups in total. The van der Waals surface area contributed by atoms with Crippen molar-refractivity contribution < 1.29 is 4.74 Å². The first-order chi connectivity index (χ1) is 9.84. The number of hydrogen-bond acceptors (Lipinski definition) is 3. The number of aromatic nitrogens is 2. The number of rotatable bonds is 5. The van der Waals surface area contributed by atoms with Gasteiger partial charge in [-0.3, -0.25) is 4.40 Å². The molecule has 108 valence electrons. The Bertz CT molecular complexity index is 554. The van der Waals surface area contributed by atoms with Gasteiger partial charge in [0.15, 0.2) is 5.16 Å². The summed E-state index contributed by atoms with van der Waals surface area (Å²) in [5.41, 5.74) is 1.15. The maximum atomic E-state index is 6.05. The maximum absolute atomic E-state index is 6.05. The Morgan fingerprint density at radius 2 is 2.25 bits per heavy atom. The number of ether oxygens (including phenoxy) is 1. The van der Waals surface area contributed by atoms with E-state index in [2.05, 4.69) is 28.6 Å². The molecule has 2 aromatic rings. The van der Waals surface area contributed by atoms with Crippen LogP contribution < -0.4 is 0 Å². The molecule has 0 aromatic carbocycles. The number of pyridine rings is 1. The third kappa shape index (κ3) is 3.18. The van der Waals surface area contributed by atoms with Crippen LogP contribution in [0.3, 0.4) is 0 Å². The summed E-state index contributed by atoms with van der Waals surface area (Å²) in [7, 11) is 0. The first kappa shape index (κ1) is 14.0. The molecule has 4 heteroatoms. The van der Waals surface area contributed by atoms with Gasteiger partial charge in [0.2, 0.25) is 0 Å². The van der Waals surface area contributed by atoms with Crippen LogP contribution in [0, 0.1) is 5.92 Å². The van der Waals surface area contributed by atoms with Crippen molar-refractivity contribution in [2.45, 2.75) is 43.9 Å². The van der Waals surface area contributed by atoms with Crippen LogP contribution >= 0.6 is 11.8 Å². The molecule has 2 atom stereocenters. The fraction of sp³-hybridized carbons (Fsp3) is 0.562. The Hall–Kier alpha value is -1.00. The molecule has 1 saturated carbocycles. The summed E-state index contributed by atoms with van der Waals surface area (Å²) in [4.78, 5) is 4.46. The number of imidazole rings is 1. The SMILES string of the molecule is C[C@@H]1CCCC[C@@H]1OCCSc1ncc2ccccn12. The van der Waals surface area contributed by atoms with E-state index in [1.54, 1.807) is 11.8 Å². The average Bonchev–Trinajstić information content (AvgIpc) is 2.89. The fourth-order valence-electron chi connectivity index (χ4n) is 2.89. The molecule has 2 heterocycles. The highest BCUT2D eigenvalue weighted by atomic mass is 32.2. The lowest BCUT2D eigenvalue weighted by Gasteiger charge is -2.28. The van der Waals surface area contributed by atoms with Crippen molar-refractivity contribution in [1.82, 2.24) is 9.38 Å². The minimum absolute atomic E-state index is 0.473. The predicted molar refractivity (Wildman–Crippen MR) is 83.3 cm³/mol. The second-order valence-corrected chi connectivity index (χ2v) is 6.62. The largest absolute Gasteiger partial charge is 0.377 e. The molecule has 0 radical (unpaired) electrons. The van der Waals surface area contributed by atoms with Crippen molar-refractivity contribution in [3.63, 3.8) is 0 Å². The van der Waals surface area contributed by atoms with Gasteiger partial charge >= 0.3 is 0 Å². The number of nitrogens with zero attached hydrogens (tertiary/aromatic N) is 2. The minimum Gasteiger partial charge on any atom is -0.377 e. The Labute approximate surface area is 124 Å². The van der Waals surface area contributed by atoms with Crippen LogP contribution in [-0.4, -0.2) is 27.8 Å². The summed E-state index contributed by atoms with van der Waals surface area (Å²) in [5, 5.41) is 1.06. The van der Waals surface area contributed by atoms with Gasteiger partial charge in [-0.15, -0.1) is 0 Å². The highest BCUT2D eigenvalue weighted by molar-refractivity contribution is 7.99. The molecule has 1 aliphatic carbocycles. The van der Waals surface area contributed by atoms with Gasteiger partial charge in [-0.1, -0.05) is 37.6 Å². The molecule has 0 amide bonds.